The quantitative estimate of drug-likeness (QED) is 0.863. The Hall–Kier alpha value is -2.18. The van der Waals surface area contributed by atoms with E-state index in [2.05, 4.69) is 20.6 Å². The molecule has 1 aliphatic carbocycles. The molecule has 20 heavy (non-hydrogen) atoms. The Kier molecular flexibility index (Phi) is 3.49. The van der Waals surface area contributed by atoms with Gasteiger partial charge in [-0.05, 0) is 25.3 Å². The average molecular weight is 275 g/mol. The molecule has 1 N–H and O–H groups in total. The van der Waals surface area contributed by atoms with Crippen molar-refractivity contribution in [2.75, 3.05) is 0 Å². The van der Waals surface area contributed by atoms with Crippen LogP contribution in [0.4, 0.5) is 0 Å². The Morgan fingerprint density at radius 1 is 1.55 bits per heavy atom. The van der Waals surface area contributed by atoms with E-state index in [1.807, 2.05) is 6.92 Å². The van der Waals surface area contributed by atoms with Crippen molar-refractivity contribution < 1.29 is 9.32 Å². The summed E-state index contributed by atoms with van der Waals surface area (Å²) in [5.41, 5.74) is 0.550. The predicted molar refractivity (Wildman–Crippen MR) is 70.0 cm³/mol. The van der Waals surface area contributed by atoms with Gasteiger partial charge < -0.3 is 9.84 Å². The van der Waals surface area contributed by atoms with E-state index >= 15 is 0 Å². The molecule has 0 aliphatic heterocycles. The summed E-state index contributed by atoms with van der Waals surface area (Å²) in [5.74, 6) is 1.48. The van der Waals surface area contributed by atoms with Crippen molar-refractivity contribution in [3.8, 4) is 0 Å². The zero-order valence-corrected chi connectivity index (χ0v) is 11.4. The highest BCUT2D eigenvalue weighted by atomic mass is 16.5. The summed E-state index contributed by atoms with van der Waals surface area (Å²) in [6, 6.07) is 1.70. The molecular weight excluding hydrogens is 258 g/mol. The lowest BCUT2D eigenvalue weighted by Gasteiger charge is -2.05. The molecule has 0 atom stereocenters. The number of hydrogen-bond acceptors (Lipinski definition) is 5. The third-order valence-electron chi connectivity index (χ3n) is 3.21. The molecule has 0 spiro atoms. The van der Waals surface area contributed by atoms with Crippen molar-refractivity contribution in [3.05, 3.63) is 29.7 Å². The number of rotatable bonds is 6. The minimum Gasteiger partial charge on any atom is -0.342 e. The predicted octanol–water partition coefficient (Wildman–Crippen LogP) is 1.48. The largest absolute Gasteiger partial charge is 0.342 e. The fourth-order valence-corrected chi connectivity index (χ4v) is 2.01. The van der Waals surface area contributed by atoms with Crippen molar-refractivity contribution in [2.45, 2.75) is 45.2 Å². The Bertz CT molecular complexity index is 599. The number of aromatic nitrogens is 4. The van der Waals surface area contributed by atoms with E-state index in [4.69, 9.17) is 4.52 Å². The lowest BCUT2D eigenvalue weighted by Crippen LogP contribution is -2.26. The summed E-state index contributed by atoms with van der Waals surface area (Å²) in [6.07, 6.45) is 4.81. The zero-order valence-electron chi connectivity index (χ0n) is 11.4. The first-order valence-electron chi connectivity index (χ1n) is 6.90. The molecule has 3 rings (SSSR count). The molecule has 1 fully saturated rings. The molecule has 0 radical (unpaired) electrons. The van der Waals surface area contributed by atoms with Gasteiger partial charge in [0, 0.05) is 18.7 Å². The molecule has 2 aromatic rings. The van der Waals surface area contributed by atoms with Gasteiger partial charge in [-0.3, -0.25) is 9.48 Å². The SMILES string of the molecule is CCCn1nccc1C(=O)NCc1nc(C2CC2)no1. The number of aryl methyl sites for hydroxylation is 1. The summed E-state index contributed by atoms with van der Waals surface area (Å²) < 4.78 is 6.81. The molecule has 0 unspecified atom stereocenters. The molecule has 7 heteroatoms. The minimum absolute atomic E-state index is 0.179. The van der Waals surface area contributed by atoms with Gasteiger partial charge in [0.05, 0.1) is 6.54 Å². The molecule has 7 nitrogen and oxygen atoms in total. The standard InChI is InChI=1S/C13H17N5O2/c1-2-7-18-10(5-6-15-18)13(19)14-8-11-16-12(17-20-11)9-3-4-9/h5-6,9H,2-4,7-8H2,1H3,(H,14,19). The van der Waals surface area contributed by atoms with Gasteiger partial charge in [0.25, 0.3) is 5.91 Å². The summed E-state index contributed by atoms with van der Waals surface area (Å²) in [7, 11) is 0. The third kappa shape index (κ3) is 2.71. The summed E-state index contributed by atoms with van der Waals surface area (Å²) in [5, 5.41) is 10.8. The van der Waals surface area contributed by atoms with Gasteiger partial charge in [-0.25, -0.2) is 0 Å². The highest BCUT2D eigenvalue weighted by Crippen LogP contribution is 2.37. The van der Waals surface area contributed by atoms with Crippen molar-refractivity contribution in [2.24, 2.45) is 0 Å². The van der Waals surface area contributed by atoms with Crippen LogP contribution in [0.15, 0.2) is 16.8 Å². The highest BCUT2D eigenvalue weighted by molar-refractivity contribution is 5.92. The van der Waals surface area contributed by atoms with Gasteiger partial charge >= 0.3 is 0 Å². The summed E-state index contributed by atoms with van der Waals surface area (Å²) in [6.45, 7) is 3.01. The van der Waals surface area contributed by atoms with Crippen LogP contribution < -0.4 is 5.32 Å². The van der Waals surface area contributed by atoms with Gasteiger partial charge in [0.2, 0.25) is 5.89 Å². The van der Waals surface area contributed by atoms with Gasteiger partial charge in [0.1, 0.15) is 5.69 Å². The van der Waals surface area contributed by atoms with Crippen LogP contribution in [0.5, 0.6) is 0 Å². The highest BCUT2D eigenvalue weighted by Gasteiger charge is 2.28. The van der Waals surface area contributed by atoms with E-state index in [0.717, 1.165) is 31.6 Å². The maximum absolute atomic E-state index is 12.1. The topological polar surface area (TPSA) is 85.8 Å². The normalized spacial score (nSPS) is 14.4. The molecule has 0 bridgehead atoms. The molecule has 1 saturated carbocycles. The molecule has 0 aromatic carbocycles. The molecule has 2 heterocycles. The molecule has 1 amide bonds. The smallest absolute Gasteiger partial charge is 0.269 e. The van der Waals surface area contributed by atoms with Crippen LogP contribution in [0, 0.1) is 0 Å². The number of carbonyl (C=O) groups is 1. The Morgan fingerprint density at radius 3 is 3.15 bits per heavy atom. The van der Waals surface area contributed by atoms with Crippen molar-refractivity contribution in [1.29, 1.82) is 0 Å². The lowest BCUT2D eigenvalue weighted by molar-refractivity contribution is 0.0935. The van der Waals surface area contributed by atoms with Crippen molar-refractivity contribution in [1.82, 2.24) is 25.2 Å². The maximum Gasteiger partial charge on any atom is 0.269 e. The number of nitrogens with zero attached hydrogens (tertiary/aromatic N) is 4. The van der Waals surface area contributed by atoms with Crippen molar-refractivity contribution in [3.63, 3.8) is 0 Å². The van der Waals surface area contributed by atoms with Crippen molar-refractivity contribution >= 4 is 5.91 Å². The van der Waals surface area contributed by atoms with Gasteiger partial charge in [-0.1, -0.05) is 12.1 Å². The molecule has 106 valence electrons. The molecule has 2 aromatic heterocycles. The van der Waals surface area contributed by atoms with E-state index < -0.39 is 0 Å². The number of hydrogen-bond donors (Lipinski definition) is 1. The first-order valence-corrected chi connectivity index (χ1v) is 6.90. The third-order valence-corrected chi connectivity index (χ3v) is 3.21. The fourth-order valence-electron chi connectivity index (χ4n) is 2.01. The number of carbonyl (C=O) groups excluding carboxylic acids is 1. The lowest BCUT2D eigenvalue weighted by atomic mass is 10.3. The van der Waals surface area contributed by atoms with E-state index in [-0.39, 0.29) is 12.5 Å². The van der Waals surface area contributed by atoms with E-state index in [9.17, 15) is 4.79 Å². The Balaban J connectivity index is 1.59. The average Bonchev–Trinajstić information content (AvgIpc) is 3.01. The van der Waals surface area contributed by atoms with Crippen LogP contribution in [0.2, 0.25) is 0 Å². The van der Waals surface area contributed by atoms with Gasteiger partial charge in [-0.15, -0.1) is 0 Å². The zero-order chi connectivity index (χ0) is 13.9. The molecular formula is C13H17N5O2. The second-order valence-corrected chi connectivity index (χ2v) is 4.94. The second kappa shape index (κ2) is 5.44. The van der Waals surface area contributed by atoms with Crippen LogP contribution in [0.3, 0.4) is 0 Å². The minimum atomic E-state index is -0.179. The van der Waals surface area contributed by atoms with Crippen LogP contribution >= 0.6 is 0 Å². The summed E-state index contributed by atoms with van der Waals surface area (Å²) in [4.78, 5) is 16.3. The van der Waals surface area contributed by atoms with E-state index in [0.29, 0.717) is 17.5 Å². The first kappa shape index (κ1) is 12.8. The van der Waals surface area contributed by atoms with Gasteiger partial charge in [-0.2, -0.15) is 10.1 Å². The van der Waals surface area contributed by atoms with Crippen LogP contribution in [0.25, 0.3) is 0 Å². The van der Waals surface area contributed by atoms with E-state index in [1.165, 1.54) is 0 Å². The van der Waals surface area contributed by atoms with Gasteiger partial charge in [0.15, 0.2) is 5.82 Å². The monoisotopic (exact) mass is 275 g/mol. The first-order chi connectivity index (χ1) is 9.78. The maximum atomic E-state index is 12.1. The summed E-state index contributed by atoms with van der Waals surface area (Å²) >= 11 is 0. The fraction of sp³-hybridized carbons (Fsp3) is 0.538. The number of amides is 1. The van der Waals surface area contributed by atoms with E-state index in [1.54, 1.807) is 16.9 Å². The molecule has 1 aliphatic rings. The Labute approximate surface area is 116 Å². The molecule has 0 saturated heterocycles. The Morgan fingerprint density at radius 2 is 2.40 bits per heavy atom. The second-order valence-electron chi connectivity index (χ2n) is 4.94. The van der Waals surface area contributed by atoms with Crippen LogP contribution in [-0.4, -0.2) is 25.8 Å². The van der Waals surface area contributed by atoms with Crippen LogP contribution in [-0.2, 0) is 13.1 Å². The number of nitrogens with one attached hydrogen (secondary N) is 1. The van der Waals surface area contributed by atoms with Crippen LogP contribution in [0.1, 0.15) is 54.3 Å².